The molecule has 12 nitrogen and oxygen atoms in total. The number of hydrogen-bond donors (Lipinski definition) is 2. The first-order valence-electron chi connectivity index (χ1n) is 11.9. The van der Waals surface area contributed by atoms with E-state index < -0.39 is 4.92 Å². The Morgan fingerprint density at radius 3 is 2.79 bits per heavy atom. The summed E-state index contributed by atoms with van der Waals surface area (Å²) >= 11 is 6.38. The Kier molecular flexibility index (Phi) is 8.89. The van der Waals surface area contributed by atoms with Gasteiger partial charge in [0, 0.05) is 63.3 Å². The molecule has 0 saturated carbocycles. The van der Waals surface area contributed by atoms with E-state index in [1.54, 1.807) is 24.4 Å². The highest BCUT2D eigenvalue weighted by Crippen LogP contribution is 2.39. The van der Waals surface area contributed by atoms with Crippen LogP contribution in [0.2, 0.25) is 5.02 Å². The van der Waals surface area contributed by atoms with Crippen molar-refractivity contribution in [2.45, 2.75) is 0 Å². The van der Waals surface area contributed by atoms with E-state index in [0.29, 0.717) is 53.8 Å². The third kappa shape index (κ3) is 6.28. The van der Waals surface area contributed by atoms with Crippen molar-refractivity contribution in [3.8, 4) is 5.75 Å². The van der Waals surface area contributed by atoms with Crippen LogP contribution in [0.5, 0.6) is 5.75 Å². The predicted octanol–water partition coefficient (Wildman–Crippen LogP) is 3.30. The van der Waals surface area contributed by atoms with Crippen molar-refractivity contribution in [2.24, 2.45) is 5.73 Å². The Morgan fingerprint density at radius 2 is 2.13 bits per heavy atom. The number of methoxy groups -OCH3 is 1. The number of likely N-dealkylation sites (N-methyl/N-ethyl adjacent to an activating group) is 1. The molecule has 3 heterocycles. The number of nitrogens with one attached hydrogen (secondary N) is 1. The van der Waals surface area contributed by atoms with Crippen LogP contribution < -0.4 is 20.7 Å². The molecule has 0 unspecified atom stereocenters. The van der Waals surface area contributed by atoms with Gasteiger partial charge >= 0.3 is 0 Å². The topological polar surface area (TPSA) is 145 Å². The third-order valence-electron chi connectivity index (χ3n) is 6.11. The number of halogens is 1. The summed E-state index contributed by atoms with van der Waals surface area (Å²) in [5.41, 5.74) is 8.01. The summed E-state index contributed by atoms with van der Waals surface area (Å²) in [6, 6.07) is 8.44. The molecule has 1 aromatic carbocycles. The third-order valence-corrected chi connectivity index (χ3v) is 6.39. The first-order chi connectivity index (χ1) is 18.4. The average Bonchev–Trinajstić information content (AvgIpc) is 2.94. The van der Waals surface area contributed by atoms with Gasteiger partial charge in [-0.15, -0.1) is 0 Å². The van der Waals surface area contributed by atoms with E-state index in [0.717, 1.165) is 19.6 Å². The molecule has 0 aliphatic carbocycles. The first-order valence-corrected chi connectivity index (χ1v) is 12.3. The van der Waals surface area contributed by atoms with Gasteiger partial charge in [-0.1, -0.05) is 17.7 Å². The summed E-state index contributed by atoms with van der Waals surface area (Å²) in [5.74, 6) is 0.545. The minimum Gasteiger partial charge on any atom is -0.494 e. The zero-order valence-electron chi connectivity index (χ0n) is 21.1. The van der Waals surface area contributed by atoms with Crippen LogP contribution in [-0.4, -0.2) is 78.3 Å². The number of anilines is 3. The number of benzene rings is 1. The van der Waals surface area contributed by atoms with Crippen molar-refractivity contribution < 1.29 is 14.4 Å². The maximum absolute atomic E-state index is 12.0. The molecule has 4 rings (SSSR count). The maximum atomic E-state index is 12.0. The largest absolute Gasteiger partial charge is 0.494 e. The Labute approximate surface area is 225 Å². The van der Waals surface area contributed by atoms with E-state index in [4.69, 9.17) is 26.8 Å². The van der Waals surface area contributed by atoms with Crippen LogP contribution in [0.3, 0.4) is 0 Å². The molecule has 3 N–H and O–H groups in total. The van der Waals surface area contributed by atoms with Crippen molar-refractivity contribution in [1.29, 1.82) is 0 Å². The summed E-state index contributed by atoms with van der Waals surface area (Å²) in [4.78, 5) is 28.8. The molecular formula is C25H29ClN8O4. The second-order valence-corrected chi connectivity index (χ2v) is 8.89. The van der Waals surface area contributed by atoms with Crippen LogP contribution in [0.4, 0.5) is 23.0 Å². The average molecular weight is 541 g/mol. The van der Waals surface area contributed by atoms with E-state index in [9.17, 15) is 10.1 Å². The minimum absolute atomic E-state index is 0.0806. The molecule has 200 valence electrons. The smallest absolute Gasteiger partial charge is 0.294 e. The molecule has 3 aromatic rings. The molecule has 0 spiro atoms. The van der Waals surface area contributed by atoms with E-state index in [2.05, 4.69) is 25.2 Å². The number of nitrogens with zero attached hydrogens (tertiary/aromatic N) is 6. The molecule has 1 fully saturated rings. The predicted molar refractivity (Wildman–Crippen MR) is 146 cm³/mol. The van der Waals surface area contributed by atoms with Gasteiger partial charge in [0.15, 0.2) is 0 Å². The molecule has 0 atom stereocenters. The fourth-order valence-corrected chi connectivity index (χ4v) is 4.25. The van der Waals surface area contributed by atoms with Gasteiger partial charge in [-0.25, -0.2) is 9.97 Å². The molecular weight excluding hydrogens is 512 g/mol. The Hall–Kier alpha value is -4.00. The molecule has 13 heteroatoms. The minimum atomic E-state index is -0.421. The van der Waals surface area contributed by atoms with E-state index in [1.807, 2.05) is 18.0 Å². The highest BCUT2D eigenvalue weighted by molar-refractivity contribution is 6.32. The standard InChI is InChI=1S/C25H29ClN8O4/c1-32(7-8-33-9-11-38-12-10-33)21-14-23(37-2)20(13-22(21)34(35)36)30-25-29-16-18(26)24(31-25)17(15-27)19-5-3-4-6-28-19/h3-6,13-16H,7-12,27H2,1-2H3,(H,29,30,31). The van der Waals surface area contributed by atoms with Gasteiger partial charge in [0.1, 0.15) is 11.4 Å². The SMILES string of the molecule is COc1cc(N(C)CCN2CCOCC2)c([N+](=O)[O-])cc1Nc1ncc(Cl)c(C(=CN)c2ccccn2)n1. The molecule has 2 aromatic heterocycles. The Morgan fingerprint density at radius 1 is 1.34 bits per heavy atom. The van der Waals surface area contributed by atoms with Crippen molar-refractivity contribution >= 4 is 40.2 Å². The summed E-state index contributed by atoms with van der Waals surface area (Å²) in [6.07, 6.45) is 4.43. The normalized spacial score (nSPS) is 14.2. The molecule has 1 aliphatic rings. The number of hydrogen-bond acceptors (Lipinski definition) is 11. The van der Waals surface area contributed by atoms with Crippen LogP contribution in [0, 0.1) is 10.1 Å². The molecule has 1 saturated heterocycles. The molecule has 1 aliphatic heterocycles. The number of morpholine rings is 1. The lowest BCUT2D eigenvalue weighted by Gasteiger charge is -2.29. The van der Waals surface area contributed by atoms with Crippen LogP contribution in [0.15, 0.2) is 48.9 Å². The second-order valence-electron chi connectivity index (χ2n) is 8.48. The van der Waals surface area contributed by atoms with Gasteiger partial charge in [-0.05, 0) is 12.1 Å². The molecule has 38 heavy (non-hydrogen) atoms. The van der Waals surface area contributed by atoms with Crippen molar-refractivity contribution in [3.63, 3.8) is 0 Å². The highest BCUT2D eigenvalue weighted by Gasteiger charge is 2.23. The van der Waals surface area contributed by atoms with Gasteiger partial charge in [0.2, 0.25) is 5.95 Å². The monoisotopic (exact) mass is 540 g/mol. The summed E-state index contributed by atoms with van der Waals surface area (Å²) < 4.78 is 11.0. The van der Waals surface area contributed by atoms with Gasteiger partial charge in [0.05, 0.1) is 53.5 Å². The van der Waals surface area contributed by atoms with Crippen molar-refractivity contribution in [2.75, 3.05) is 63.8 Å². The van der Waals surface area contributed by atoms with Gasteiger partial charge < -0.3 is 25.4 Å². The summed E-state index contributed by atoms with van der Waals surface area (Å²) in [5, 5.41) is 15.3. The molecule has 0 bridgehead atoms. The number of nitrogens with two attached hydrogens (primary N) is 1. The highest BCUT2D eigenvalue weighted by atomic mass is 35.5. The number of aromatic nitrogens is 3. The van der Waals surface area contributed by atoms with Gasteiger partial charge in [-0.3, -0.25) is 20.0 Å². The fraction of sp³-hybridized carbons (Fsp3) is 0.320. The second kappa shape index (κ2) is 12.5. The van der Waals surface area contributed by atoms with Crippen molar-refractivity contribution in [3.05, 3.63) is 75.5 Å². The van der Waals surface area contributed by atoms with Gasteiger partial charge in [0.25, 0.3) is 5.69 Å². The Balaban J connectivity index is 1.62. The lowest BCUT2D eigenvalue weighted by molar-refractivity contribution is -0.384. The summed E-state index contributed by atoms with van der Waals surface area (Å²) in [6.45, 7) is 4.42. The van der Waals surface area contributed by atoms with Crippen LogP contribution >= 0.6 is 11.6 Å². The number of ether oxygens (including phenoxy) is 2. The zero-order valence-corrected chi connectivity index (χ0v) is 21.9. The zero-order chi connectivity index (χ0) is 27.1. The van der Waals surface area contributed by atoms with E-state index in [-0.39, 0.29) is 16.7 Å². The first kappa shape index (κ1) is 27.0. The maximum Gasteiger partial charge on any atom is 0.294 e. The Bertz CT molecular complexity index is 1300. The summed E-state index contributed by atoms with van der Waals surface area (Å²) in [7, 11) is 3.32. The lowest BCUT2D eigenvalue weighted by atomic mass is 10.1. The number of nitro benzene ring substituents is 1. The lowest BCUT2D eigenvalue weighted by Crippen LogP contribution is -2.40. The fourth-order valence-electron chi connectivity index (χ4n) is 4.06. The molecule has 0 amide bonds. The number of nitro groups is 1. The number of rotatable bonds is 10. The van der Waals surface area contributed by atoms with Crippen molar-refractivity contribution in [1.82, 2.24) is 19.9 Å². The van der Waals surface area contributed by atoms with Gasteiger partial charge in [-0.2, -0.15) is 0 Å². The quantitative estimate of drug-likeness (QED) is 0.288. The van der Waals surface area contributed by atoms with Crippen LogP contribution in [-0.2, 0) is 4.74 Å². The van der Waals surface area contributed by atoms with E-state index >= 15 is 0 Å². The van der Waals surface area contributed by atoms with Crippen LogP contribution in [0.1, 0.15) is 11.4 Å². The van der Waals surface area contributed by atoms with E-state index in [1.165, 1.54) is 25.6 Å². The van der Waals surface area contributed by atoms with Crippen LogP contribution in [0.25, 0.3) is 5.57 Å². The number of pyridine rings is 1. The molecule has 0 radical (unpaired) electrons.